The summed E-state index contributed by atoms with van der Waals surface area (Å²) in [4.78, 5) is 13.9. The largest absolute Gasteiger partial charge is 0.427 e. The quantitative estimate of drug-likeness (QED) is 0.789. The maximum Gasteiger partial charge on any atom is 0.427 e. The lowest BCUT2D eigenvalue weighted by atomic mass is 10.0. The predicted octanol–water partition coefficient (Wildman–Crippen LogP) is 4.01. The first kappa shape index (κ1) is 18.2. The molecule has 2 aromatic rings. The van der Waals surface area contributed by atoms with Gasteiger partial charge in [-0.1, -0.05) is 12.1 Å². The number of nitrogens with zero attached hydrogens (tertiary/aromatic N) is 1. The molecule has 26 heavy (non-hydrogen) atoms. The SMILES string of the molecule is C[NH+]1C(=O)N(Cc2cc(C(F)(F)F)cc(C(F)(F)F)c2)c2ccccc21. The number of para-hydroxylation sites is 2. The van der Waals surface area contributed by atoms with Crippen LogP contribution >= 0.6 is 0 Å². The molecule has 138 valence electrons. The van der Waals surface area contributed by atoms with Gasteiger partial charge in [0.05, 0.1) is 24.7 Å². The molecule has 0 aliphatic carbocycles. The normalized spacial score (nSPS) is 17.6. The molecule has 2 aromatic carbocycles. The molecule has 0 spiro atoms. The molecule has 1 heterocycles. The van der Waals surface area contributed by atoms with Crippen molar-refractivity contribution >= 4 is 17.4 Å². The van der Waals surface area contributed by atoms with Crippen LogP contribution in [0.2, 0.25) is 0 Å². The summed E-state index contributed by atoms with van der Waals surface area (Å²) >= 11 is 0. The van der Waals surface area contributed by atoms with E-state index >= 15 is 0 Å². The molecule has 0 fully saturated rings. The number of fused-ring (bicyclic) bond motifs is 1. The fourth-order valence-electron chi connectivity index (χ4n) is 2.90. The van der Waals surface area contributed by atoms with Crippen LogP contribution < -0.4 is 9.80 Å². The first-order valence-electron chi connectivity index (χ1n) is 7.51. The number of halogens is 6. The van der Waals surface area contributed by atoms with Crippen LogP contribution in [0.15, 0.2) is 42.5 Å². The minimum absolute atomic E-state index is 0.0701. The molecule has 0 saturated carbocycles. The van der Waals surface area contributed by atoms with Gasteiger partial charge in [0.15, 0.2) is 5.69 Å². The van der Waals surface area contributed by atoms with Crippen LogP contribution in [-0.4, -0.2) is 13.1 Å². The Balaban J connectivity index is 2.04. The van der Waals surface area contributed by atoms with Gasteiger partial charge in [-0.3, -0.25) is 4.90 Å². The number of carbonyl (C=O) groups excluding carboxylic acids is 1. The lowest BCUT2D eigenvalue weighted by molar-refractivity contribution is -0.710. The standard InChI is InChI=1S/C17H12F6N2O/c1-24-13-4-2-3-5-14(13)25(15(24)26)9-10-6-11(16(18,19)20)8-12(7-10)17(21,22)23/h2-8H,9H2,1H3/p+1. The molecule has 9 heteroatoms. The van der Waals surface area contributed by atoms with Gasteiger partial charge in [0.2, 0.25) is 0 Å². The number of amides is 2. The van der Waals surface area contributed by atoms with E-state index in [1.807, 2.05) is 0 Å². The summed E-state index contributed by atoms with van der Waals surface area (Å²) in [6.07, 6.45) is -9.85. The zero-order valence-electron chi connectivity index (χ0n) is 13.4. The van der Waals surface area contributed by atoms with Gasteiger partial charge in [-0.2, -0.15) is 26.3 Å². The van der Waals surface area contributed by atoms with Gasteiger partial charge >= 0.3 is 18.4 Å². The summed E-state index contributed by atoms with van der Waals surface area (Å²) in [7, 11) is 1.56. The van der Waals surface area contributed by atoms with Gasteiger partial charge in [-0.25, -0.2) is 9.69 Å². The van der Waals surface area contributed by atoms with Crippen molar-refractivity contribution in [2.45, 2.75) is 18.9 Å². The summed E-state index contributed by atoms with van der Waals surface area (Å²) in [5.74, 6) is 0. The predicted molar refractivity (Wildman–Crippen MR) is 81.0 cm³/mol. The van der Waals surface area contributed by atoms with E-state index in [1.165, 1.54) is 4.90 Å². The first-order valence-corrected chi connectivity index (χ1v) is 7.51. The van der Waals surface area contributed by atoms with Gasteiger partial charge in [0.25, 0.3) is 0 Å². The van der Waals surface area contributed by atoms with Crippen LogP contribution in [0.5, 0.6) is 0 Å². The maximum atomic E-state index is 13.0. The Morgan fingerprint density at radius 2 is 1.46 bits per heavy atom. The number of hydrogen-bond donors (Lipinski definition) is 1. The number of hydrogen-bond acceptors (Lipinski definition) is 1. The summed E-state index contributed by atoms with van der Waals surface area (Å²) in [5.41, 5.74) is -1.97. The highest BCUT2D eigenvalue weighted by Crippen LogP contribution is 2.37. The second-order valence-electron chi connectivity index (χ2n) is 5.95. The second kappa shape index (κ2) is 6.01. The van der Waals surface area contributed by atoms with E-state index in [0.717, 1.165) is 0 Å². The first-order chi connectivity index (χ1) is 12.0. The molecule has 0 bridgehead atoms. The Morgan fingerprint density at radius 3 is 2.00 bits per heavy atom. The number of rotatable bonds is 2. The lowest BCUT2D eigenvalue weighted by Crippen LogP contribution is -3.06. The van der Waals surface area contributed by atoms with Crippen LogP contribution in [0.1, 0.15) is 16.7 Å². The molecule has 0 aromatic heterocycles. The number of anilines is 1. The molecule has 3 rings (SSSR count). The fourth-order valence-corrected chi connectivity index (χ4v) is 2.90. The number of quaternary nitrogens is 1. The number of alkyl halides is 6. The van der Waals surface area contributed by atoms with E-state index in [0.29, 0.717) is 28.4 Å². The lowest BCUT2D eigenvalue weighted by Gasteiger charge is -2.17. The third-order valence-corrected chi connectivity index (χ3v) is 4.15. The van der Waals surface area contributed by atoms with Crippen molar-refractivity contribution in [3.8, 4) is 0 Å². The highest BCUT2D eigenvalue weighted by Gasteiger charge is 2.40. The fraction of sp³-hybridized carbons (Fsp3) is 0.235. The van der Waals surface area contributed by atoms with Gasteiger partial charge in [0, 0.05) is 6.07 Å². The van der Waals surface area contributed by atoms with Crippen molar-refractivity contribution in [3.05, 3.63) is 59.2 Å². The minimum Gasteiger partial charge on any atom is -0.251 e. The topological polar surface area (TPSA) is 24.8 Å². The third kappa shape index (κ3) is 3.26. The molecule has 1 unspecified atom stereocenters. The van der Waals surface area contributed by atoms with Crippen molar-refractivity contribution in [1.82, 2.24) is 0 Å². The molecule has 1 aliphatic heterocycles. The maximum absolute atomic E-state index is 13.0. The Labute approximate surface area is 144 Å². The van der Waals surface area contributed by atoms with Crippen molar-refractivity contribution in [1.29, 1.82) is 0 Å². The van der Waals surface area contributed by atoms with E-state index < -0.39 is 29.5 Å². The Morgan fingerprint density at radius 1 is 0.923 bits per heavy atom. The van der Waals surface area contributed by atoms with Crippen molar-refractivity contribution < 1.29 is 36.0 Å². The van der Waals surface area contributed by atoms with Crippen molar-refractivity contribution in [2.24, 2.45) is 0 Å². The van der Waals surface area contributed by atoms with Gasteiger partial charge < -0.3 is 0 Å². The summed E-state index contributed by atoms with van der Waals surface area (Å²) in [6.45, 7) is -0.389. The average molecular weight is 375 g/mol. The molecule has 1 N–H and O–H groups in total. The third-order valence-electron chi connectivity index (χ3n) is 4.15. The van der Waals surface area contributed by atoms with Crippen molar-refractivity contribution in [2.75, 3.05) is 11.9 Å². The van der Waals surface area contributed by atoms with Crippen LogP contribution in [0.25, 0.3) is 0 Å². The minimum atomic E-state index is -4.93. The van der Waals surface area contributed by atoms with Gasteiger partial charge in [-0.15, -0.1) is 0 Å². The Bertz CT molecular complexity index is 827. The molecule has 3 nitrogen and oxygen atoms in total. The number of benzene rings is 2. The molecular formula is C17H13F6N2O+. The van der Waals surface area contributed by atoms with Crippen LogP contribution in [-0.2, 0) is 18.9 Å². The van der Waals surface area contributed by atoms with E-state index in [4.69, 9.17) is 0 Å². The smallest absolute Gasteiger partial charge is 0.251 e. The zero-order chi connectivity index (χ0) is 19.3. The van der Waals surface area contributed by atoms with Crippen molar-refractivity contribution in [3.63, 3.8) is 0 Å². The summed E-state index contributed by atoms with van der Waals surface area (Å²) in [5, 5.41) is 0. The highest BCUT2D eigenvalue weighted by molar-refractivity contribution is 5.95. The van der Waals surface area contributed by atoms with Gasteiger partial charge in [-0.05, 0) is 29.8 Å². The average Bonchev–Trinajstić information content (AvgIpc) is 2.78. The van der Waals surface area contributed by atoms with Crippen LogP contribution in [0.3, 0.4) is 0 Å². The van der Waals surface area contributed by atoms with Crippen LogP contribution in [0, 0.1) is 0 Å². The molecule has 0 radical (unpaired) electrons. The van der Waals surface area contributed by atoms with E-state index in [-0.39, 0.29) is 18.2 Å². The van der Waals surface area contributed by atoms with Gasteiger partial charge in [0.1, 0.15) is 5.69 Å². The molecule has 0 saturated heterocycles. The number of nitrogens with one attached hydrogen (secondary N) is 1. The Hall–Kier alpha value is -2.55. The highest BCUT2D eigenvalue weighted by atomic mass is 19.4. The van der Waals surface area contributed by atoms with Crippen LogP contribution in [0.4, 0.5) is 42.5 Å². The zero-order valence-corrected chi connectivity index (χ0v) is 13.4. The number of urea groups is 1. The molecule has 1 aliphatic rings. The van der Waals surface area contributed by atoms with E-state index in [2.05, 4.69) is 0 Å². The molecule has 2 amide bonds. The number of carbonyl (C=O) groups is 1. The summed E-state index contributed by atoms with van der Waals surface area (Å²) < 4.78 is 77.9. The van der Waals surface area contributed by atoms with E-state index in [9.17, 15) is 31.1 Å². The second-order valence-corrected chi connectivity index (χ2v) is 5.95. The Kier molecular flexibility index (Phi) is 4.22. The summed E-state index contributed by atoms with van der Waals surface area (Å²) in [6, 6.07) is 7.52. The molecular weight excluding hydrogens is 362 g/mol. The van der Waals surface area contributed by atoms with E-state index in [1.54, 1.807) is 31.3 Å². The molecule has 1 atom stereocenters. The monoisotopic (exact) mass is 375 g/mol.